The first-order chi connectivity index (χ1) is 13.1. The minimum Gasteiger partial charge on any atom is -0.452 e. The largest absolute Gasteiger partial charge is 0.452 e. The number of ether oxygens (including phenoxy) is 1. The molecule has 0 unspecified atom stereocenters. The molecule has 2 aromatic carbocycles. The number of halogens is 1. The number of nitro groups is 1. The molecule has 0 aliphatic heterocycles. The molecule has 2 rings (SSSR count). The molecule has 0 heterocycles. The molecular formula is C19H20ClN3O5. The van der Waals surface area contributed by atoms with Gasteiger partial charge < -0.3 is 15.0 Å². The van der Waals surface area contributed by atoms with Crippen molar-refractivity contribution in [2.45, 2.75) is 13.8 Å². The van der Waals surface area contributed by atoms with Crippen LogP contribution in [0.15, 0.2) is 30.3 Å². The maximum Gasteiger partial charge on any atom is 0.338 e. The lowest BCUT2D eigenvalue weighted by atomic mass is 10.1. The number of esters is 1. The molecule has 0 aliphatic rings. The standard InChI is InChI=1S/C19H20ClN3O5/c1-11-7-12(2)18(14(20)8-11)21-17(24)10-28-19(25)13-5-6-15(22(3)4)16(9-13)23(26)27/h5-9H,10H2,1-4H3,(H,21,24). The van der Waals surface area contributed by atoms with Crippen LogP contribution in [0.25, 0.3) is 0 Å². The highest BCUT2D eigenvalue weighted by molar-refractivity contribution is 6.34. The van der Waals surface area contributed by atoms with Crippen LogP contribution in [0.3, 0.4) is 0 Å². The summed E-state index contributed by atoms with van der Waals surface area (Å²) in [6, 6.07) is 7.55. The first-order valence-electron chi connectivity index (χ1n) is 8.29. The number of aryl methyl sites for hydroxylation is 2. The molecule has 8 nitrogen and oxygen atoms in total. The number of benzene rings is 2. The van der Waals surface area contributed by atoms with Crippen molar-refractivity contribution in [1.82, 2.24) is 0 Å². The zero-order valence-corrected chi connectivity index (χ0v) is 16.7. The van der Waals surface area contributed by atoms with Crippen LogP contribution in [-0.2, 0) is 9.53 Å². The van der Waals surface area contributed by atoms with E-state index in [0.29, 0.717) is 16.4 Å². The Labute approximate surface area is 167 Å². The molecule has 1 amide bonds. The number of nitrogens with one attached hydrogen (secondary N) is 1. The van der Waals surface area contributed by atoms with Crippen LogP contribution in [0.4, 0.5) is 17.1 Å². The second-order valence-corrected chi connectivity index (χ2v) is 6.83. The van der Waals surface area contributed by atoms with Crippen molar-refractivity contribution in [2.75, 3.05) is 30.9 Å². The fourth-order valence-corrected chi connectivity index (χ4v) is 3.01. The SMILES string of the molecule is Cc1cc(C)c(NC(=O)COC(=O)c2ccc(N(C)C)c([N+](=O)[O-])c2)c(Cl)c1. The highest BCUT2D eigenvalue weighted by atomic mass is 35.5. The Bertz CT molecular complexity index is 920. The number of carbonyl (C=O) groups is 2. The maximum atomic E-state index is 12.2. The second kappa shape index (κ2) is 8.71. The van der Waals surface area contributed by atoms with Crippen molar-refractivity contribution in [3.05, 3.63) is 62.2 Å². The molecule has 0 aliphatic carbocycles. The van der Waals surface area contributed by atoms with E-state index in [0.717, 1.165) is 17.2 Å². The number of anilines is 2. The van der Waals surface area contributed by atoms with Crippen molar-refractivity contribution in [3.8, 4) is 0 Å². The average Bonchev–Trinajstić information content (AvgIpc) is 2.61. The Morgan fingerprint density at radius 3 is 2.46 bits per heavy atom. The Morgan fingerprint density at radius 1 is 1.21 bits per heavy atom. The monoisotopic (exact) mass is 405 g/mol. The van der Waals surface area contributed by atoms with Crippen LogP contribution >= 0.6 is 11.6 Å². The highest BCUT2D eigenvalue weighted by Crippen LogP contribution is 2.28. The Balaban J connectivity index is 2.07. The molecule has 9 heteroatoms. The Morgan fingerprint density at radius 2 is 1.89 bits per heavy atom. The highest BCUT2D eigenvalue weighted by Gasteiger charge is 2.20. The molecule has 1 N–H and O–H groups in total. The van der Waals surface area contributed by atoms with Crippen molar-refractivity contribution >= 4 is 40.5 Å². The van der Waals surface area contributed by atoms with Gasteiger partial charge in [0.1, 0.15) is 5.69 Å². The van der Waals surface area contributed by atoms with E-state index in [4.69, 9.17) is 16.3 Å². The van der Waals surface area contributed by atoms with E-state index in [1.54, 1.807) is 32.0 Å². The zero-order valence-electron chi connectivity index (χ0n) is 15.9. The van der Waals surface area contributed by atoms with Crippen LogP contribution < -0.4 is 10.2 Å². The topological polar surface area (TPSA) is 102 Å². The van der Waals surface area contributed by atoms with Gasteiger partial charge in [0.2, 0.25) is 0 Å². The van der Waals surface area contributed by atoms with E-state index in [2.05, 4.69) is 5.32 Å². The lowest BCUT2D eigenvalue weighted by Gasteiger charge is -2.13. The maximum absolute atomic E-state index is 12.2. The van der Waals surface area contributed by atoms with Crippen LogP contribution in [-0.4, -0.2) is 37.5 Å². The summed E-state index contributed by atoms with van der Waals surface area (Å²) in [5, 5.41) is 14.2. The van der Waals surface area contributed by atoms with E-state index in [1.165, 1.54) is 12.1 Å². The predicted molar refractivity (Wildman–Crippen MR) is 107 cm³/mol. The van der Waals surface area contributed by atoms with E-state index in [1.807, 2.05) is 13.0 Å². The van der Waals surface area contributed by atoms with E-state index < -0.39 is 23.4 Å². The van der Waals surface area contributed by atoms with Crippen LogP contribution in [0.1, 0.15) is 21.5 Å². The Kier molecular flexibility index (Phi) is 6.58. The molecule has 0 spiro atoms. The van der Waals surface area contributed by atoms with Gasteiger partial charge in [-0.3, -0.25) is 14.9 Å². The third-order valence-electron chi connectivity index (χ3n) is 3.92. The fraction of sp³-hybridized carbons (Fsp3) is 0.263. The minimum absolute atomic E-state index is 0.0188. The molecule has 0 saturated heterocycles. The van der Waals surface area contributed by atoms with Gasteiger partial charge in [-0.25, -0.2) is 4.79 Å². The molecule has 0 fully saturated rings. The van der Waals surface area contributed by atoms with Crippen molar-refractivity contribution in [3.63, 3.8) is 0 Å². The van der Waals surface area contributed by atoms with Gasteiger partial charge in [-0.15, -0.1) is 0 Å². The fourth-order valence-electron chi connectivity index (χ4n) is 2.64. The summed E-state index contributed by atoms with van der Waals surface area (Å²) in [6.07, 6.45) is 0. The number of nitro benzene ring substituents is 1. The number of carbonyl (C=O) groups excluding carboxylic acids is 2. The van der Waals surface area contributed by atoms with E-state index in [-0.39, 0.29) is 11.3 Å². The normalized spacial score (nSPS) is 10.3. The summed E-state index contributed by atoms with van der Waals surface area (Å²) in [5.74, 6) is -1.41. The molecule has 0 bridgehead atoms. The van der Waals surface area contributed by atoms with E-state index >= 15 is 0 Å². The summed E-state index contributed by atoms with van der Waals surface area (Å²) < 4.78 is 4.97. The Hall–Kier alpha value is -3.13. The quantitative estimate of drug-likeness (QED) is 0.446. The first kappa shape index (κ1) is 21.2. The third-order valence-corrected chi connectivity index (χ3v) is 4.22. The van der Waals surface area contributed by atoms with Gasteiger partial charge in [0.15, 0.2) is 6.61 Å². The van der Waals surface area contributed by atoms with Crippen molar-refractivity contribution in [2.24, 2.45) is 0 Å². The van der Waals surface area contributed by atoms with Crippen molar-refractivity contribution in [1.29, 1.82) is 0 Å². The van der Waals surface area contributed by atoms with Gasteiger partial charge in [-0.2, -0.15) is 0 Å². The predicted octanol–water partition coefficient (Wildman–Crippen LogP) is 3.73. The number of hydrogen-bond donors (Lipinski definition) is 1. The molecule has 28 heavy (non-hydrogen) atoms. The zero-order chi connectivity index (χ0) is 21.0. The molecule has 0 atom stereocenters. The number of nitrogens with zero attached hydrogens (tertiary/aromatic N) is 2. The molecule has 0 radical (unpaired) electrons. The lowest BCUT2D eigenvalue weighted by molar-refractivity contribution is -0.384. The summed E-state index contributed by atoms with van der Waals surface area (Å²) in [4.78, 5) is 36.5. The summed E-state index contributed by atoms with van der Waals surface area (Å²) in [7, 11) is 3.31. The molecule has 0 aromatic heterocycles. The molecule has 0 saturated carbocycles. The van der Waals surface area contributed by atoms with Gasteiger partial charge in [0, 0.05) is 20.2 Å². The van der Waals surface area contributed by atoms with Gasteiger partial charge in [0.05, 0.1) is 21.2 Å². The smallest absolute Gasteiger partial charge is 0.338 e. The lowest BCUT2D eigenvalue weighted by Crippen LogP contribution is -2.21. The average molecular weight is 406 g/mol. The summed E-state index contributed by atoms with van der Waals surface area (Å²) in [5.41, 5.74) is 2.28. The molecule has 2 aromatic rings. The van der Waals surface area contributed by atoms with Gasteiger partial charge in [0.25, 0.3) is 11.6 Å². The third kappa shape index (κ3) is 4.98. The van der Waals surface area contributed by atoms with Crippen LogP contribution in [0.5, 0.6) is 0 Å². The number of hydrogen-bond acceptors (Lipinski definition) is 6. The summed E-state index contributed by atoms with van der Waals surface area (Å²) >= 11 is 6.13. The van der Waals surface area contributed by atoms with Crippen LogP contribution in [0.2, 0.25) is 5.02 Å². The molecule has 148 valence electrons. The first-order valence-corrected chi connectivity index (χ1v) is 8.67. The summed E-state index contributed by atoms with van der Waals surface area (Å²) in [6.45, 7) is 3.13. The van der Waals surface area contributed by atoms with Crippen LogP contribution in [0, 0.1) is 24.0 Å². The number of rotatable bonds is 6. The minimum atomic E-state index is -0.838. The second-order valence-electron chi connectivity index (χ2n) is 6.42. The van der Waals surface area contributed by atoms with Crippen molar-refractivity contribution < 1.29 is 19.2 Å². The van der Waals surface area contributed by atoms with Gasteiger partial charge in [-0.05, 0) is 43.2 Å². The molecular weight excluding hydrogens is 386 g/mol. The number of amides is 1. The van der Waals surface area contributed by atoms with Gasteiger partial charge in [-0.1, -0.05) is 17.7 Å². The van der Waals surface area contributed by atoms with Gasteiger partial charge >= 0.3 is 5.97 Å². The van der Waals surface area contributed by atoms with E-state index in [9.17, 15) is 19.7 Å².